The third-order valence-electron chi connectivity index (χ3n) is 5.95. The summed E-state index contributed by atoms with van der Waals surface area (Å²) in [6, 6.07) is 21.4. The molecule has 3 aromatic carbocycles. The molecule has 0 unspecified atom stereocenters. The van der Waals surface area contributed by atoms with E-state index in [1.807, 2.05) is 38.1 Å². The number of nitrogens with one attached hydrogen (secondary N) is 1. The maximum absolute atomic E-state index is 13.3. The summed E-state index contributed by atoms with van der Waals surface area (Å²) in [5.41, 5.74) is 3.25. The lowest BCUT2D eigenvalue weighted by Crippen LogP contribution is -2.35. The van der Waals surface area contributed by atoms with Gasteiger partial charge in [-0.3, -0.25) is 9.10 Å². The topological polar surface area (TPSA) is 66.5 Å². The molecule has 0 saturated heterocycles. The second kappa shape index (κ2) is 9.57. The Balaban J connectivity index is 1.48. The standard InChI is InChI=1S/C26H27ClN2O3S/c1-18(8-9-20-6-4-3-5-7-20)28-26(30)21-10-15-25-22(17-21)16-19(2)29(25)33(31,32)24-13-11-23(27)12-14-24/h3-7,10-15,17-19H,8-9,16H2,1-2H3,(H,28,30)/t18-,19+/m1/s1. The van der Waals surface area contributed by atoms with Crippen LogP contribution in [0.1, 0.15) is 41.8 Å². The van der Waals surface area contributed by atoms with Gasteiger partial charge in [-0.2, -0.15) is 0 Å². The zero-order valence-electron chi connectivity index (χ0n) is 18.7. The van der Waals surface area contributed by atoms with Crippen molar-refractivity contribution in [1.82, 2.24) is 5.32 Å². The van der Waals surface area contributed by atoms with Gasteiger partial charge in [-0.1, -0.05) is 41.9 Å². The Morgan fingerprint density at radius 2 is 1.79 bits per heavy atom. The number of amides is 1. The Kier molecular flexibility index (Phi) is 6.77. The molecule has 1 heterocycles. The zero-order chi connectivity index (χ0) is 23.6. The highest BCUT2D eigenvalue weighted by atomic mass is 35.5. The van der Waals surface area contributed by atoms with Crippen LogP contribution in [0.4, 0.5) is 5.69 Å². The SMILES string of the molecule is C[C@H](CCc1ccccc1)NC(=O)c1ccc2c(c1)C[C@H](C)N2S(=O)(=O)c1ccc(Cl)cc1. The fourth-order valence-electron chi connectivity index (χ4n) is 4.24. The van der Waals surface area contributed by atoms with E-state index in [2.05, 4.69) is 17.4 Å². The lowest BCUT2D eigenvalue weighted by atomic mass is 10.0. The minimum atomic E-state index is -3.73. The summed E-state index contributed by atoms with van der Waals surface area (Å²) < 4.78 is 28.0. The normalized spacial score (nSPS) is 16.3. The monoisotopic (exact) mass is 482 g/mol. The first kappa shape index (κ1) is 23.3. The number of fused-ring (bicyclic) bond motifs is 1. The molecule has 0 saturated carbocycles. The smallest absolute Gasteiger partial charge is 0.264 e. The molecule has 33 heavy (non-hydrogen) atoms. The molecule has 4 rings (SSSR count). The molecular formula is C26H27ClN2O3S. The molecule has 0 fully saturated rings. The van der Waals surface area contributed by atoms with E-state index in [1.54, 1.807) is 24.3 Å². The molecule has 0 bridgehead atoms. The highest BCUT2D eigenvalue weighted by molar-refractivity contribution is 7.92. The molecule has 1 N–H and O–H groups in total. The number of sulfonamides is 1. The van der Waals surface area contributed by atoms with Gasteiger partial charge in [0.15, 0.2) is 0 Å². The van der Waals surface area contributed by atoms with Crippen molar-refractivity contribution in [2.45, 2.75) is 50.1 Å². The number of aryl methyl sites for hydroxylation is 1. The fraction of sp³-hybridized carbons (Fsp3) is 0.269. The van der Waals surface area contributed by atoms with Crippen LogP contribution in [0, 0.1) is 0 Å². The van der Waals surface area contributed by atoms with Crippen molar-refractivity contribution in [3.05, 3.63) is 94.5 Å². The van der Waals surface area contributed by atoms with Crippen molar-refractivity contribution < 1.29 is 13.2 Å². The maximum atomic E-state index is 13.3. The van der Waals surface area contributed by atoms with Crippen LogP contribution in [0.3, 0.4) is 0 Å². The molecule has 2 atom stereocenters. The molecule has 5 nitrogen and oxygen atoms in total. The van der Waals surface area contributed by atoms with Crippen molar-refractivity contribution >= 4 is 33.2 Å². The van der Waals surface area contributed by atoms with E-state index in [0.717, 1.165) is 18.4 Å². The van der Waals surface area contributed by atoms with Crippen LogP contribution in [0.25, 0.3) is 0 Å². The van der Waals surface area contributed by atoms with E-state index in [0.29, 0.717) is 22.7 Å². The van der Waals surface area contributed by atoms with Crippen molar-refractivity contribution in [2.24, 2.45) is 0 Å². The molecule has 0 radical (unpaired) electrons. The third kappa shape index (κ3) is 5.07. The van der Waals surface area contributed by atoms with Gasteiger partial charge >= 0.3 is 0 Å². The molecule has 1 aliphatic heterocycles. The van der Waals surface area contributed by atoms with Crippen LogP contribution in [-0.2, 0) is 22.9 Å². The fourth-order valence-corrected chi connectivity index (χ4v) is 6.06. The van der Waals surface area contributed by atoms with Gasteiger partial charge in [0.05, 0.1) is 10.6 Å². The minimum Gasteiger partial charge on any atom is -0.350 e. The summed E-state index contributed by atoms with van der Waals surface area (Å²) in [4.78, 5) is 13.0. The summed E-state index contributed by atoms with van der Waals surface area (Å²) in [7, 11) is -3.73. The number of carbonyl (C=O) groups is 1. The predicted molar refractivity (Wildman–Crippen MR) is 132 cm³/mol. The van der Waals surface area contributed by atoms with Gasteiger partial charge in [-0.15, -0.1) is 0 Å². The van der Waals surface area contributed by atoms with E-state index in [4.69, 9.17) is 11.6 Å². The van der Waals surface area contributed by atoms with E-state index in [-0.39, 0.29) is 22.9 Å². The lowest BCUT2D eigenvalue weighted by Gasteiger charge is -2.24. The van der Waals surface area contributed by atoms with Gasteiger partial charge in [0.2, 0.25) is 0 Å². The van der Waals surface area contributed by atoms with Crippen molar-refractivity contribution in [2.75, 3.05) is 4.31 Å². The number of carbonyl (C=O) groups excluding carboxylic acids is 1. The van der Waals surface area contributed by atoms with Gasteiger partial charge < -0.3 is 5.32 Å². The predicted octanol–water partition coefficient (Wildman–Crippen LogP) is 5.23. The number of rotatable bonds is 7. The molecule has 3 aromatic rings. The van der Waals surface area contributed by atoms with Crippen LogP contribution in [0.5, 0.6) is 0 Å². The van der Waals surface area contributed by atoms with Crippen molar-refractivity contribution in [1.29, 1.82) is 0 Å². The van der Waals surface area contributed by atoms with Gasteiger partial charge in [0, 0.05) is 22.7 Å². The average molecular weight is 483 g/mol. The number of anilines is 1. The molecule has 0 spiro atoms. The van der Waals surface area contributed by atoms with Crippen LogP contribution >= 0.6 is 11.6 Å². The van der Waals surface area contributed by atoms with Gasteiger partial charge in [0.1, 0.15) is 0 Å². The summed E-state index contributed by atoms with van der Waals surface area (Å²) >= 11 is 5.92. The quantitative estimate of drug-likeness (QED) is 0.501. The van der Waals surface area contributed by atoms with E-state index in [9.17, 15) is 13.2 Å². The molecule has 0 aromatic heterocycles. The van der Waals surface area contributed by atoms with E-state index in [1.165, 1.54) is 22.0 Å². The van der Waals surface area contributed by atoms with E-state index < -0.39 is 10.0 Å². The number of hydrogen-bond donors (Lipinski definition) is 1. The first-order valence-electron chi connectivity index (χ1n) is 11.0. The number of hydrogen-bond acceptors (Lipinski definition) is 3. The Morgan fingerprint density at radius 3 is 2.48 bits per heavy atom. The Hall–Kier alpha value is -2.83. The first-order valence-corrected chi connectivity index (χ1v) is 12.9. The van der Waals surface area contributed by atoms with Gasteiger partial charge in [-0.05, 0) is 86.7 Å². The Morgan fingerprint density at radius 1 is 1.09 bits per heavy atom. The van der Waals surface area contributed by atoms with Crippen LogP contribution in [-0.4, -0.2) is 26.4 Å². The number of nitrogens with zero attached hydrogens (tertiary/aromatic N) is 1. The van der Waals surface area contributed by atoms with E-state index >= 15 is 0 Å². The van der Waals surface area contributed by atoms with Crippen LogP contribution < -0.4 is 9.62 Å². The number of halogens is 1. The molecular weight excluding hydrogens is 456 g/mol. The summed E-state index contributed by atoms with van der Waals surface area (Å²) in [6.45, 7) is 3.87. The summed E-state index contributed by atoms with van der Waals surface area (Å²) in [5.74, 6) is -0.148. The largest absolute Gasteiger partial charge is 0.350 e. The number of benzene rings is 3. The lowest BCUT2D eigenvalue weighted by molar-refractivity contribution is 0.0938. The van der Waals surface area contributed by atoms with Crippen LogP contribution in [0.15, 0.2) is 77.7 Å². The van der Waals surface area contributed by atoms with Gasteiger partial charge in [-0.25, -0.2) is 8.42 Å². The van der Waals surface area contributed by atoms with Gasteiger partial charge in [0.25, 0.3) is 15.9 Å². The van der Waals surface area contributed by atoms with Crippen molar-refractivity contribution in [3.63, 3.8) is 0 Å². The Bertz CT molecular complexity index is 1240. The minimum absolute atomic E-state index is 0.0201. The molecule has 1 aliphatic rings. The highest BCUT2D eigenvalue weighted by Crippen LogP contribution is 2.37. The summed E-state index contributed by atoms with van der Waals surface area (Å²) in [6.07, 6.45) is 2.28. The zero-order valence-corrected chi connectivity index (χ0v) is 20.2. The average Bonchev–Trinajstić information content (AvgIpc) is 3.14. The highest BCUT2D eigenvalue weighted by Gasteiger charge is 2.36. The molecule has 0 aliphatic carbocycles. The second-order valence-corrected chi connectivity index (χ2v) is 10.8. The second-order valence-electron chi connectivity index (χ2n) is 8.55. The molecule has 172 valence electrons. The summed E-state index contributed by atoms with van der Waals surface area (Å²) in [5, 5.41) is 3.54. The molecule has 1 amide bonds. The maximum Gasteiger partial charge on any atom is 0.264 e. The molecule has 7 heteroatoms. The first-order chi connectivity index (χ1) is 15.8. The van der Waals surface area contributed by atoms with Crippen LogP contribution in [0.2, 0.25) is 5.02 Å². The van der Waals surface area contributed by atoms with Crippen molar-refractivity contribution in [3.8, 4) is 0 Å². The Labute approximate surface area is 200 Å². The third-order valence-corrected chi connectivity index (χ3v) is 8.15.